The van der Waals surface area contributed by atoms with Crippen molar-refractivity contribution in [3.8, 4) is 11.5 Å². The molecule has 2 heteroatoms. The second kappa shape index (κ2) is 5.50. The van der Waals surface area contributed by atoms with E-state index in [4.69, 9.17) is 4.74 Å². The molecule has 0 aromatic heterocycles. The van der Waals surface area contributed by atoms with Gasteiger partial charge in [-0.2, -0.15) is 0 Å². The van der Waals surface area contributed by atoms with Gasteiger partial charge >= 0.3 is 0 Å². The van der Waals surface area contributed by atoms with E-state index in [9.17, 15) is 4.79 Å². The van der Waals surface area contributed by atoms with Crippen LogP contribution in [0.25, 0.3) is 0 Å². The number of hydrogen-bond acceptors (Lipinski definition) is 2. The Labute approximate surface area is 107 Å². The van der Waals surface area contributed by atoms with E-state index in [-0.39, 0.29) is 5.78 Å². The Morgan fingerprint density at radius 1 is 1.11 bits per heavy atom. The second-order valence-electron chi connectivity index (χ2n) is 4.19. The maximum Gasteiger partial charge on any atom is 0.166 e. The molecule has 92 valence electrons. The number of Topliss-reactive ketones (excluding diaryl/α,β-unsaturated/α-hetero) is 1. The molecule has 2 aromatic rings. The summed E-state index contributed by atoms with van der Waals surface area (Å²) < 4.78 is 5.79. The van der Waals surface area contributed by atoms with Crippen molar-refractivity contribution < 1.29 is 9.53 Å². The van der Waals surface area contributed by atoms with Crippen molar-refractivity contribution in [1.82, 2.24) is 0 Å². The fraction of sp³-hybridized carbons (Fsp3) is 0.188. The Bertz CT molecular complexity index is 559. The summed E-state index contributed by atoms with van der Waals surface area (Å²) in [6, 6.07) is 15.1. The van der Waals surface area contributed by atoms with Crippen molar-refractivity contribution >= 4 is 5.78 Å². The summed E-state index contributed by atoms with van der Waals surface area (Å²) in [4.78, 5) is 11.8. The van der Waals surface area contributed by atoms with Gasteiger partial charge in [-0.05, 0) is 36.8 Å². The molecule has 0 N–H and O–H groups in total. The molecule has 0 atom stereocenters. The number of ether oxygens (including phenoxy) is 1. The molecule has 0 aliphatic carbocycles. The summed E-state index contributed by atoms with van der Waals surface area (Å²) >= 11 is 0. The first kappa shape index (κ1) is 12.4. The average Bonchev–Trinajstić information content (AvgIpc) is 2.38. The van der Waals surface area contributed by atoms with Gasteiger partial charge in [0.2, 0.25) is 0 Å². The Kier molecular flexibility index (Phi) is 3.78. The number of hydrogen-bond donors (Lipinski definition) is 0. The Morgan fingerprint density at radius 2 is 1.89 bits per heavy atom. The predicted octanol–water partition coefficient (Wildman–Crippen LogP) is 4.38. The predicted molar refractivity (Wildman–Crippen MR) is 72.3 cm³/mol. The third-order valence-corrected chi connectivity index (χ3v) is 2.73. The molecular formula is C16H16O2. The summed E-state index contributed by atoms with van der Waals surface area (Å²) in [6.07, 6.45) is 0.480. The number of benzene rings is 2. The molecule has 0 aliphatic heterocycles. The van der Waals surface area contributed by atoms with Gasteiger partial charge in [-0.3, -0.25) is 4.79 Å². The molecule has 0 aliphatic rings. The summed E-state index contributed by atoms with van der Waals surface area (Å²) in [5.74, 6) is 1.47. The highest BCUT2D eigenvalue weighted by molar-refractivity contribution is 5.98. The fourth-order valence-electron chi connectivity index (χ4n) is 1.78. The Morgan fingerprint density at radius 3 is 2.61 bits per heavy atom. The quantitative estimate of drug-likeness (QED) is 0.741. The maximum atomic E-state index is 11.8. The lowest BCUT2D eigenvalue weighted by Gasteiger charge is -2.10. The van der Waals surface area contributed by atoms with E-state index >= 15 is 0 Å². The minimum atomic E-state index is 0.0956. The van der Waals surface area contributed by atoms with Gasteiger partial charge in [-0.25, -0.2) is 0 Å². The molecule has 2 aromatic carbocycles. The lowest BCUT2D eigenvalue weighted by molar-refractivity contribution is 0.0986. The molecule has 0 heterocycles. The minimum absolute atomic E-state index is 0.0956. The third kappa shape index (κ3) is 2.77. The van der Waals surface area contributed by atoms with E-state index < -0.39 is 0 Å². The summed E-state index contributed by atoms with van der Waals surface area (Å²) in [6.45, 7) is 3.86. The highest BCUT2D eigenvalue weighted by atomic mass is 16.5. The van der Waals surface area contributed by atoms with Gasteiger partial charge in [-0.1, -0.05) is 31.2 Å². The lowest BCUT2D eigenvalue weighted by atomic mass is 10.1. The number of para-hydroxylation sites is 1. The first-order valence-electron chi connectivity index (χ1n) is 6.07. The zero-order valence-corrected chi connectivity index (χ0v) is 10.6. The van der Waals surface area contributed by atoms with Gasteiger partial charge in [0.05, 0.1) is 5.56 Å². The van der Waals surface area contributed by atoms with E-state index in [1.165, 1.54) is 0 Å². The monoisotopic (exact) mass is 240 g/mol. The minimum Gasteiger partial charge on any atom is -0.457 e. The highest BCUT2D eigenvalue weighted by Gasteiger charge is 2.10. The van der Waals surface area contributed by atoms with Gasteiger partial charge in [0, 0.05) is 6.42 Å². The van der Waals surface area contributed by atoms with Crippen LogP contribution in [0.2, 0.25) is 0 Å². The smallest absolute Gasteiger partial charge is 0.166 e. The number of carbonyl (C=O) groups is 1. The van der Waals surface area contributed by atoms with E-state index in [1.54, 1.807) is 6.07 Å². The van der Waals surface area contributed by atoms with E-state index in [1.807, 2.05) is 56.3 Å². The van der Waals surface area contributed by atoms with Crippen LogP contribution in [0.5, 0.6) is 11.5 Å². The first-order valence-corrected chi connectivity index (χ1v) is 6.07. The van der Waals surface area contributed by atoms with Crippen LogP contribution in [-0.2, 0) is 0 Å². The molecule has 0 spiro atoms. The van der Waals surface area contributed by atoms with Crippen LogP contribution in [0.15, 0.2) is 48.5 Å². The summed E-state index contributed by atoms with van der Waals surface area (Å²) in [5, 5.41) is 0. The average molecular weight is 240 g/mol. The van der Waals surface area contributed by atoms with Crippen LogP contribution in [0, 0.1) is 6.92 Å². The molecule has 18 heavy (non-hydrogen) atoms. The van der Waals surface area contributed by atoms with Crippen LogP contribution < -0.4 is 4.74 Å². The van der Waals surface area contributed by atoms with Gasteiger partial charge in [0.25, 0.3) is 0 Å². The molecule has 0 unspecified atom stereocenters. The maximum absolute atomic E-state index is 11.8. The van der Waals surface area contributed by atoms with Crippen LogP contribution in [0.1, 0.15) is 29.3 Å². The van der Waals surface area contributed by atoms with Gasteiger partial charge < -0.3 is 4.74 Å². The molecule has 0 radical (unpaired) electrons. The number of rotatable bonds is 4. The van der Waals surface area contributed by atoms with E-state index in [2.05, 4.69) is 0 Å². The molecule has 2 nitrogen and oxygen atoms in total. The van der Waals surface area contributed by atoms with E-state index in [0.29, 0.717) is 17.7 Å². The highest BCUT2D eigenvalue weighted by Crippen LogP contribution is 2.26. The molecule has 0 saturated heterocycles. The molecule has 0 fully saturated rings. The van der Waals surface area contributed by atoms with Gasteiger partial charge in [0.15, 0.2) is 5.78 Å². The SMILES string of the molecule is CCC(=O)c1ccccc1Oc1cccc(C)c1. The number of ketones is 1. The van der Waals surface area contributed by atoms with Crippen LogP contribution in [0.3, 0.4) is 0 Å². The normalized spacial score (nSPS) is 10.1. The van der Waals surface area contributed by atoms with Crippen LogP contribution in [-0.4, -0.2) is 5.78 Å². The molecular weight excluding hydrogens is 224 g/mol. The molecule has 0 bridgehead atoms. The Balaban J connectivity index is 2.32. The number of carbonyl (C=O) groups excluding carboxylic acids is 1. The first-order chi connectivity index (χ1) is 8.70. The Hall–Kier alpha value is -2.09. The van der Waals surface area contributed by atoms with Crippen LogP contribution in [0.4, 0.5) is 0 Å². The van der Waals surface area contributed by atoms with Gasteiger partial charge in [-0.15, -0.1) is 0 Å². The van der Waals surface area contributed by atoms with Crippen molar-refractivity contribution in [1.29, 1.82) is 0 Å². The largest absolute Gasteiger partial charge is 0.457 e. The van der Waals surface area contributed by atoms with Crippen molar-refractivity contribution in [3.05, 3.63) is 59.7 Å². The summed E-state index contributed by atoms with van der Waals surface area (Å²) in [7, 11) is 0. The molecule has 0 amide bonds. The van der Waals surface area contributed by atoms with Crippen molar-refractivity contribution in [2.45, 2.75) is 20.3 Å². The molecule has 2 rings (SSSR count). The van der Waals surface area contributed by atoms with Crippen molar-refractivity contribution in [3.63, 3.8) is 0 Å². The topological polar surface area (TPSA) is 26.3 Å². The van der Waals surface area contributed by atoms with Crippen LogP contribution >= 0.6 is 0 Å². The van der Waals surface area contributed by atoms with Crippen molar-refractivity contribution in [2.75, 3.05) is 0 Å². The summed E-state index contributed by atoms with van der Waals surface area (Å²) in [5.41, 5.74) is 1.77. The van der Waals surface area contributed by atoms with Gasteiger partial charge in [0.1, 0.15) is 11.5 Å². The third-order valence-electron chi connectivity index (χ3n) is 2.73. The fourth-order valence-corrected chi connectivity index (χ4v) is 1.78. The zero-order valence-electron chi connectivity index (χ0n) is 10.6. The zero-order chi connectivity index (χ0) is 13.0. The van der Waals surface area contributed by atoms with E-state index in [0.717, 1.165) is 11.3 Å². The standard InChI is InChI=1S/C16H16O2/c1-3-15(17)14-9-4-5-10-16(14)18-13-8-6-7-12(2)11-13/h4-11H,3H2,1-2H3. The second-order valence-corrected chi connectivity index (χ2v) is 4.19. The van der Waals surface area contributed by atoms with Crippen molar-refractivity contribution in [2.24, 2.45) is 0 Å². The number of aryl methyl sites for hydroxylation is 1. The molecule has 0 saturated carbocycles. The lowest BCUT2D eigenvalue weighted by Crippen LogP contribution is -1.99.